The Balaban J connectivity index is 2.00. The molecule has 17 heavy (non-hydrogen) atoms. The molecule has 98 valence electrons. The lowest BCUT2D eigenvalue weighted by atomic mass is 10.0. The predicted molar refractivity (Wildman–Crippen MR) is 53.2 cm³/mol. The van der Waals surface area contributed by atoms with E-state index in [4.69, 9.17) is 0 Å². The molecule has 0 aromatic rings. The van der Waals surface area contributed by atoms with Crippen LogP contribution in [0.25, 0.3) is 0 Å². The first-order valence-corrected chi connectivity index (χ1v) is 5.65. The van der Waals surface area contributed by atoms with Crippen LogP contribution in [0.3, 0.4) is 0 Å². The lowest BCUT2D eigenvalue weighted by Crippen LogP contribution is -2.50. The highest BCUT2D eigenvalue weighted by Gasteiger charge is 2.58. The van der Waals surface area contributed by atoms with E-state index in [-0.39, 0.29) is 18.5 Å². The maximum atomic E-state index is 12.6. The summed E-state index contributed by atoms with van der Waals surface area (Å²) < 4.78 is 37.7. The number of alkyl halides is 3. The summed E-state index contributed by atoms with van der Waals surface area (Å²) in [4.78, 5) is 13.0. The van der Waals surface area contributed by atoms with Crippen LogP contribution in [0.5, 0.6) is 0 Å². The van der Waals surface area contributed by atoms with Crippen LogP contribution in [0.1, 0.15) is 19.3 Å². The number of likely N-dealkylation sites (tertiary alicyclic amines) is 1. The molecule has 2 rings (SSSR count). The number of β-amino-alcohol motifs (C(OH)–C–C–N with tert-alkyl or cyclic N) is 1. The van der Waals surface area contributed by atoms with Crippen LogP contribution in [-0.2, 0) is 4.79 Å². The van der Waals surface area contributed by atoms with E-state index in [0.29, 0.717) is 13.0 Å². The first-order valence-electron chi connectivity index (χ1n) is 5.65. The van der Waals surface area contributed by atoms with E-state index in [0.717, 1.165) is 11.3 Å². The van der Waals surface area contributed by atoms with E-state index in [1.165, 1.54) is 0 Å². The van der Waals surface area contributed by atoms with Crippen molar-refractivity contribution in [3.63, 3.8) is 0 Å². The molecule has 2 fully saturated rings. The van der Waals surface area contributed by atoms with Crippen LogP contribution in [0.4, 0.5) is 13.2 Å². The van der Waals surface area contributed by atoms with E-state index in [2.05, 4.69) is 5.32 Å². The smallest absolute Gasteiger partial charge is 0.379 e. The topological polar surface area (TPSA) is 52.6 Å². The molecular formula is C10H15F3N2O2. The Morgan fingerprint density at radius 3 is 2.65 bits per heavy atom. The van der Waals surface area contributed by atoms with Gasteiger partial charge in [0.1, 0.15) is 0 Å². The second-order valence-corrected chi connectivity index (χ2v) is 4.69. The van der Waals surface area contributed by atoms with Crippen LogP contribution in [-0.4, -0.2) is 53.4 Å². The second kappa shape index (κ2) is 4.13. The fraction of sp³-hybridized carbons (Fsp3) is 0.900. The normalized spacial score (nSPS) is 34.4. The van der Waals surface area contributed by atoms with Gasteiger partial charge in [-0.25, -0.2) is 0 Å². The Morgan fingerprint density at radius 2 is 2.18 bits per heavy atom. The summed E-state index contributed by atoms with van der Waals surface area (Å²) in [6.45, 7) is 0.0360. The van der Waals surface area contributed by atoms with E-state index < -0.39 is 24.7 Å². The molecule has 4 nitrogen and oxygen atoms in total. The van der Waals surface area contributed by atoms with Gasteiger partial charge in [0.15, 0.2) is 5.60 Å². The van der Waals surface area contributed by atoms with Gasteiger partial charge in [-0.05, 0) is 19.4 Å². The molecule has 0 aromatic carbocycles. The van der Waals surface area contributed by atoms with E-state index in [1.54, 1.807) is 0 Å². The summed E-state index contributed by atoms with van der Waals surface area (Å²) in [5.74, 6) is -0.331. The summed E-state index contributed by atoms with van der Waals surface area (Å²) in [5, 5.41) is 12.4. The fourth-order valence-electron chi connectivity index (χ4n) is 2.33. The Labute approximate surface area is 96.8 Å². The molecule has 1 amide bonds. The van der Waals surface area contributed by atoms with Crippen molar-refractivity contribution in [2.24, 2.45) is 0 Å². The van der Waals surface area contributed by atoms with Crippen molar-refractivity contribution in [1.82, 2.24) is 10.2 Å². The van der Waals surface area contributed by atoms with Crippen molar-refractivity contribution in [3.8, 4) is 0 Å². The number of hydrogen-bond acceptors (Lipinski definition) is 3. The Hall–Kier alpha value is -0.820. The van der Waals surface area contributed by atoms with Crippen molar-refractivity contribution in [1.29, 1.82) is 0 Å². The van der Waals surface area contributed by atoms with E-state index >= 15 is 0 Å². The molecule has 2 aliphatic heterocycles. The summed E-state index contributed by atoms with van der Waals surface area (Å²) in [6, 6.07) is -0.384. The average Bonchev–Trinajstić information content (AvgIpc) is 2.84. The van der Waals surface area contributed by atoms with Gasteiger partial charge < -0.3 is 15.3 Å². The number of aliphatic hydroxyl groups is 1. The molecule has 2 N–H and O–H groups in total. The molecule has 2 heterocycles. The third-order valence-corrected chi connectivity index (χ3v) is 3.45. The van der Waals surface area contributed by atoms with Gasteiger partial charge in [0.2, 0.25) is 5.91 Å². The SMILES string of the molecule is O=C([C@@H]1CCCN1)N1CC[C@](O)(C(F)(F)F)C1. The number of carbonyl (C=O) groups excluding carboxylic acids is 1. The number of hydrogen-bond donors (Lipinski definition) is 2. The highest BCUT2D eigenvalue weighted by Crippen LogP contribution is 2.37. The minimum atomic E-state index is -4.68. The zero-order valence-corrected chi connectivity index (χ0v) is 9.26. The lowest BCUT2D eigenvalue weighted by molar-refractivity contribution is -0.253. The summed E-state index contributed by atoms with van der Waals surface area (Å²) >= 11 is 0. The van der Waals surface area contributed by atoms with Gasteiger partial charge in [-0.2, -0.15) is 13.2 Å². The lowest BCUT2D eigenvalue weighted by Gasteiger charge is -2.26. The molecular weight excluding hydrogens is 237 g/mol. The van der Waals surface area contributed by atoms with Crippen LogP contribution in [0, 0.1) is 0 Å². The molecule has 2 atom stereocenters. The molecule has 7 heteroatoms. The van der Waals surface area contributed by atoms with Crippen molar-refractivity contribution in [2.45, 2.75) is 37.1 Å². The summed E-state index contributed by atoms with van der Waals surface area (Å²) in [7, 11) is 0. The molecule has 0 spiro atoms. The monoisotopic (exact) mass is 252 g/mol. The third-order valence-electron chi connectivity index (χ3n) is 3.45. The molecule has 2 saturated heterocycles. The molecule has 0 aliphatic carbocycles. The van der Waals surface area contributed by atoms with Crippen LogP contribution >= 0.6 is 0 Å². The average molecular weight is 252 g/mol. The summed E-state index contributed by atoms with van der Waals surface area (Å²) in [5.41, 5.74) is -2.73. The molecule has 0 aromatic heterocycles. The number of rotatable bonds is 1. The Bertz CT molecular complexity index is 315. The van der Waals surface area contributed by atoms with Gasteiger partial charge in [0, 0.05) is 13.0 Å². The van der Waals surface area contributed by atoms with Crippen LogP contribution in [0.15, 0.2) is 0 Å². The van der Waals surface area contributed by atoms with Crippen molar-refractivity contribution in [2.75, 3.05) is 19.6 Å². The number of carbonyl (C=O) groups is 1. The standard InChI is InChI=1S/C10H15F3N2O2/c11-10(12,13)9(17)3-5-15(6-9)8(16)7-2-1-4-14-7/h7,14,17H,1-6H2/t7-,9+/m0/s1. The fourth-order valence-corrected chi connectivity index (χ4v) is 2.33. The molecule has 0 bridgehead atoms. The minimum absolute atomic E-state index is 0.0347. The summed E-state index contributed by atoms with van der Waals surface area (Å²) in [6.07, 6.45) is -3.60. The molecule has 2 aliphatic rings. The van der Waals surface area contributed by atoms with E-state index in [1.807, 2.05) is 0 Å². The minimum Gasteiger partial charge on any atom is -0.379 e. The number of nitrogens with one attached hydrogen (secondary N) is 1. The quantitative estimate of drug-likeness (QED) is 0.704. The maximum Gasteiger partial charge on any atom is 0.419 e. The molecule has 0 radical (unpaired) electrons. The van der Waals surface area contributed by atoms with Gasteiger partial charge in [0.25, 0.3) is 0 Å². The first kappa shape index (κ1) is 12.6. The zero-order chi connectivity index (χ0) is 12.7. The highest BCUT2D eigenvalue weighted by molar-refractivity contribution is 5.82. The largest absolute Gasteiger partial charge is 0.419 e. The van der Waals surface area contributed by atoms with Crippen molar-refractivity contribution >= 4 is 5.91 Å². The van der Waals surface area contributed by atoms with Crippen molar-refractivity contribution in [3.05, 3.63) is 0 Å². The van der Waals surface area contributed by atoms with Crippen molar-refractivity contribution < 1.29 is 23.1 Å². The van der Waals surface area contributed by atoms with Gasteiger partial charge in [-0.1, -0.05) is 0 Å². The number of amides is 1. The zero-order valence-electron chi connectivity index (χ0n) is 9.26. The van der Waals surface area contributed by atoms with Gasteiger partial charge >= 0.3 is 6.18 Å². The van der Waals surface area contributed by atoms with Crippen LogP contribution in [0.2, 0.25) is 0 Å². The third kappa shape index (κ3) is 2.26. The predicted octanol–water partition coefficient (Wildman–Crippen LogP) is 0.264. The second-order valence-electron chi connectivity index (χ2n) is 4.69. The maximum absolute atomic E-state index is 12.6. The number of nitrogens with zero attached hydrogens (tertiary/aromatic N) is 1. The van der Waals surface area contributed by atoms with E-state index in [9.17, 15) is 23.1 Å². The number of halogens is 3. The van der Waals surface area contributed by atoms with Crippen LogP contribution < -0.4 is 5.32 Å². The van der Waals surface area contributed by atoms with Gasteiger partial charge in [-0.15, -0.1) is 0 Å². The first-order chi connectivity index (χ1) is 7.83. The highest BCUT2D eigenvalue weighted by atomic mass is 19.4. The van der Waals surface area contributed by atoms with Gasteiger partial charge in [-0.3, -0.25) is 4.79 Å². The Morgan fingerprint density at radius 1 is 1.47 bits per heavy atom. The molecule has 0 unspecified atom stereocenters. The Kier molecular flexibility index (Phi) is 3.07. The van der Waals surface area contributed by atoms with Gasteiger partial charge in [0.05, 0.1) is 12.6 Å². The molecule has 0 saturated carbocycles.